The van der Waals surface area contributed by atoms with Gasteiger partial charge in [-0.05, 0) is 0 Å². The smallest absolute Gasteiger partial charge is 0.316 e. The van der Waals surface area contributed by atoms with E-state index in [1.165, 1.54) is 0 Å². The van der Waals surface area contributed by atoms with Crippen LogP contribution in [0.5, 0.6) is 0 Å². The Balaban J connectivity index is 0. The van der Waals surface area contributed by atoms with E-state index in [2.05, 4.69) is 4.52 Å². The summed E-state index contributed by atoms with van der Waals surface area (Å²) in [6.07, 6.45) is 0. The van der Waals surface area contributed by atoms with E-state index in [-0.39, 0.29) is 39.4 Å². The van der Waals surface area contributed by atoms with Gasteiger partial charge in [0.15, 0.2) is 0 Å². The maximum atomic E-state index is 9.61. The molecule has 2 N–H and O–H groups in total. The minimum atomic E-state index is -2.81. The van der Waals surface area contributed by atoms with Crippen molar-refractivity contribution in [3.8, 4) is 0 Å². The van der Waals surface area contributed by atoms with Gasteiger partial charge in [-0.1, -0.05) is 0 Å². The zero-order valence-electron chi connectivity index (χ0n) is 4.13. The fraction of sp³-hybridized carbons (Fsp3) is 1.00. The third-order valence-electron chi connectivity index (χ3n) is 0.317. The number of hydrogen-bond acceptors (Lipinski definition) is 3. The van der Waals surface area contributed by atoms with Gasteiger partial charge >= 0.3 is 8.25 Å². The van der Waals surface area contributed by atoms with Crippen LogP contribution in [0.3, 0.4) is 0 Å². The molecular formula is C2H7O4PZr. The van der Waals surface area contributed by atoms with Crippen molar-refractivity contribution in [2.45, 2.75) is 0 Å². The minimum Gasteiger partial charge on any atom is -0.394 e. The molecular weight excluding hydrogens is 210 g/mol. The Labute approximate surface area is 66.9 Å². The van der Waals surface area contributed by atoms with E-state index < -0.39 is 8.25 Å². The Morgan fingerprint density at radius 3 is 2.25 bits per heavy atom. The van der Waals surface area contributed by atoms with Crippen LogP contribution in [0.4, 0.5) is 0 Å². The molecule has 6 heteroatoms. The van der Waals surface area contributed by atoms with Crippen LogP contribution in [0.2, 0.25) is 0 Å². The number of aliphatic hydroxyl groups excluding tert-OH is 1. The van der Waals surface area contributed by atoms with Gasteiger partial charge in [-0.15, -0.1) is 0 Å². The normalized spacial score (nSPS) is 12.2. The van der Waals surface area contributed by atoms with E-state index in [0.717, 1.165) is 0 Å². The first-order valence-electron chi connectivity index (χ1n) is 1.74. The topological polar surface area (TPSA) is 66.8 Å². The molecule has 0 saturated heterocycles. The van der Waals surface area contributed by atoms with Crippen molar-refractivity contribution in [3.63, 3.8) is 0 Å². The molecule has 0 spiro atoms. The molecule has 0 aromatic heterocycles. The predicted molar refractivity (Wildman–Crippen MR) is 24.3 cm³/mol. The molecule has 0 saturated carbocycles. The summed E-state index contributed by atoms with van der Waals surface area (Å²) in [5.41, 5.74) is 0. The van der Waals surface area contributed by atoms with Crippen molar-refractivity contribution in [2.75, 3.05) is 13.2 Å². The first-order valence-corrected chi connectivity index (χ1v) is 3.00. The predicted octanol–water partition coefficient (Wildman–Crippen LogP) is -0.625. The Morgan fingerprint density at radius 1 is 1.62 bits per heavy atom. The molecule has 0 aliphatic rings. The van der Waals surface area contributed by atoms with Crippen molar-refractivity contribution in [2.24, 2.45) is 0 Å². The third-order valence-corrected chi connectivity index (χ3v) is 0.768. The van der Waals surface area contributed by atoms with Gasteiger partial charge in [0.1, 0.15) is 0 Å². The van der Waals surface area contributed by atoms with Gasteiger partial charge in [0, 0.05) is 26.2 Å². The molecule has 4 nitrogen and oxygen atoms in total. The van der Waals surface area contributed by atoms with Gasteiger partial charge < -0.3 is 14.5 Å². The van der Waals surface area contributed by atoms with Gasteiger partial charge in [-0.3, -0.25) is 4.57 Å². The zero-order chi connectivity index (χ0) is 5.70. The Bertz CT molecular complexity index is 67.1. The van der Waals surface area contributed by atoms with Crippen molar-refractivity contribution in [3.05, 3.63) is 0 Å². The SMILES string of the molecule is O=[PH](O)OCCO.[Zr]. The van der Waals surface area contributed by atoms with Crippen LogP contribution in [0.1, 0.15) is 0 Å². The van der Waals surface area contributed by atoms with E-state index in [0.29, 0.717) is 0 Å². The second-order valence-corrected chi connectivity index (χ2v) is 1.66. The van der Waals surface area contributed by atoms with Crippen LogP contribution < -0.4 is 0 Å². The number of aliphatic hydroxyl groups is 1. The Morgan fingerprint density at radius 2 is 2.12 bits per heavy atom. The molecule has 0 aromatic rings. The summed E-state index contributed by atoms with van der Waals surface area (Å²) < 4.78 is 13.7. The Hall–Kier alpha value is 0.993. The van der Waals surface area contributed by atoms with E-state index in [1.54, 1.807) is 0 Å². The van der Waals surface area contributed by atoms with Crippen molar-refractivity contribution in [1.82, 2.24) is 0 Å². The molecule has 0 fully saturated rings. The average molecular weight is 217 g/mol. The van der Waals surface area contributed by atoms with E-state index in [9.17, 15) is 4.57 Å². The third kappa shape index (κ3) is 10.1. The maximum Gasteiger partial charge on any atom is 0.316 e. The molecule has 0 bridgehead atoms. The van der Waals surface area contributed by atoms with Crippen LogP contribution >= 0.6 is 8.25 Å². The van der Waals surface area contributed by atoms with Crippen LogP contribution in [0.25, 0.3) is 0 Å². The largest absolute Gasteiger partial charge is 0.394 e. The maximum absolute atomic E-state index is 9.61. The second kappa shape index (κ2) is 7.99. The van der Waals surface area contributed by atoms with E-state index in [4.69, 9.17) is 10.00 Å². The fourth-order valence-corrected chi connectivity index (χ4v) is 0.399. The van der Waals surface area contributed by atoms with Crippen molar-refractivity contribution >= 4 is 8.25 Å². The molecule has 0 aromatic carbocycles. The summed E-state index contributed by atoms with van der Waals surface area (Å²) in [5, 5.41) is 7.96. The standard InChI is InChI=1S/C2H7O4P.Zr/c3-1-2-6-7(4)5;/h3,7H,1-2H2,(H,4,5);. The summed E-state index contributed by atoms with van der Waals surface area (Å²) in [7, 11) is -2.81. The molecule has 0 aliphatic carbocycles. The second-order valence-electron chi connectivity index (χ2n) is 0.838. The average Bonchev–Trinajstić information content (AvgIpc) is 1.61. The van der Waals surface area contributed by atoms with Gasteiger partial charge in [-0.2, -0.15) is 0 Å². The first-order chi connectivity index (χ1) is 3.27. The van der Waals surface area contributed by atoms with Crippen LogP contribution in [0.15, 0.2) is 0 Å². The Kier molecular flexibility index (Phi) is 11.7. The molecule has 0 rings (SSSR count). The number of hydrogen-bond donors (Lipinski definition) is 2. The summed E-state index contributed by atoms with van der Waals surface area (Å²) in [6, 6.07) is 0. The van der Waals surface area contributed by atoms with E-state index in [1.807, 2.05) is 0 Å². The molecule has 8 heavy (non-hydrogen) atoms. The molecule has 1 unspecified atom stereocenters. The van der Waals surface area contributed by atoms with Crippen LogP contribution in [0, 0.1) is 0 Å². The number of rotatable bonds is 3. The molecule has 0 radical (unpaired) electrons. The van der Waals surface area contributed by atoms with E-state index >= 15 is 0 Å². The quantitative estimate of drug-likeness (QED) is 0.618. The minimum absolute atomic E-state index is 0. The molecule has 48 valence electrons. The van der Waals surface area contributed by atoms with Crippen LogP contribution in [-0.4, -0.2) is 23.2 Å². The molecule has 1 atom stereocenters. The van der Waals surface area contributed by atoms with Gasteiger partial charge in [0.2, 0.25) is 0 Å². The molecule has 0 aliphatic heterocycles. The summed E-state index contributed by atoms with van der Waals surface area (Å²) in [5.74, 6) is 0. The van der Waals surface area contributed by atoms with Gasteiger partial charge in [-0.25, -0.2) is 0 Å². The van der Waals surface area contributed by atoms with Gasteiger partial charge in [0.05, 0.1) is 13.2 Å². The molecule has 0 heterocycles. The van der Waals surface area contributed by atoms with Crippen molar-refractivity contribution in [1.29, 1.82) is 0 Å². The summed E-state index contributed by atoms with van der Waals surface area (Å²) in [6.45, 7) is -0.273. The zero-order valence-corrected chi connectivity index (χ0v) is 7.58. The molecule has 0 amide bonds. The van der Waals surface area contributed by atoms with Crippen LogP contribution in [-0.2, 0) is 35.3 Å². The van der Waals surface area contributed by atoms with Crippen molar-refractivity contribution < 1.29 is 45.3 Å². The monoisotopic (exact) mass is 216 g/mol. The summed E-state index contributed by atoms with van der Waals surface area (Å²) >= 11 is 0. The first kappa shape index (κ1) is 11.7. The summed E-state index contributed by atoms with van der Waals surface area (Å²) in [4.78, 5) is 7.90. The van der Waals surface area contributed by atoms with Gasteiger partial charge in [0.25, 0.3) is 0 Å². The fourth-order valence-electron chi connectivity index (χ4n) is 0.133.